The average molecular weight is 779 g/mol. The van der Waals surface area contributed by atoms with Crippen molar-refractivity contribution < 1.29 is 18.7 Å². The van der Waals surface area contributed by atoms with Gasteiger partial charge in [-0.05, 0) is 76.5 Å². The summed E-state index contributed by atoms with van der Waals surface area (Å²) in [5.41, 5.74) is 5.56. The fourth-order valence-electron chi connectivity index (χ4n) is 8.73. The van der Waals surface area contributed by atoms with E-state index in [4.69, 9.17) is 29.5 Å². The topological polar surface area (TPSA) is 120 Å². The number of piperidine rings is 1. The second kappa shape index (κ2) is 15.4. The van der Waals surface area contributed by atoms with Crippen LogP contribution in [0.15, 0.2) is 108 Å². The van der Waals surface area contributed by atoms with Crippen LogP contribution in [0.4, 0.5) is 20.8 Å². The van der Waals surface area contributed by atoms with Crippen LogP contribution in [0.5, 0.6) is 0 Å². The second-order valence-electron chi connectivity index (χ2n) is 16.5. The van der Waals surface area contributed by atoms with Gasteiger partial charge in [0.2, 0.25) is 0 Å². The molecule has 1 aliphatic carbocycles. The van der Waals surface area contributed by atoms with Crippen LogP contribution in [0.25, 0.3) is 22.4 Å². The molecule has 6 aromatic rings. The number of pyridine rings is 1. The highest BCUT2D eigenvalue weighted by Gasteiger charge is 2.49. The molecule has 1 spiro atoms. The van der Waals surface area contributed by atoms with Crippen LogP contribution in [0.1, 0.15) is 87.4 Å². The van der Waals surface area contributed by atoms with Gasteiger partial charge in [0, 0.05) is 48.0 Å². The zero-order valence-corrected chi connectivity index (χ0v) is 33.1. The molecule has 5 heterocycles. The van der Waals surface area contributed by atoms with Gasteiger partial charge in [0.1, 0.15) is 22.6 Å². The van der Waals surface area contributed by atoms with Crippen molar-refractivity contribution in [1.29, 1.82) is 0 Å². The number of fused-ring (bicyclic) bond motifs is 2. The van der Waals surface area contributed by atoms with E-state index in [9.17, 15) is 4.79 Å². The summed E-state index contributed by atoms with van der Waals surface area (Å²) < 4.78 is 30.5. The number of benzene rings is 3. The molecule has 12 heteroatoms. The van der Waals surface area contributed by atoms with Crippen molar-refractivity contribution in [1.82, 2.24) is 30.0 Å². The first-order valence-corrected chi connectivity index (χ1v) is 20.2. The van der Waals surface area contributed by atoms with Gasteiger partial charge in [0.15, 0.2) is 23.5 Å². The van der Waals surface area contributed by atoms with Crippen molar-refractivity contribution in [3.05, 3.63) is 131 Å². The summed E-state index contributed by atoms with van der Waals surface area (Å²) >= 11 is 0. The first kappa shape index (κ1) is 37.6. The lowest BCUT2D eigenvalue weighted by atomic mass is 9.72. The Hall–Kier alpha value is -6.01. The molecule has 2 saturated heterocycles. The Labute approximate surface area is 337 Å². The molecule has 9 rings (SSSR count). The quantitative estimate of drug-likeness (QED) is 0.159. The van der Waals surface area contributed by atoms with Crippen LogP contribution in [-0.2, 0) is 15.9 Å². The molecule has 2 unspecified atom stereocenters. The number of carbonyl (C=O) groups excluding carboxylic acids is 1. The maximum atomic E-state index is 16.8. The minimum Gasteiger partial charge on any atom is -0.444 e. The molecular formula is C46H47FN8O3. The SMILES string of the molecule is CC(C)(C)OC(=O)NC1c2ccccc2CC12CCN(c1cnc3c(-c4ccnc(N=C(c5ccccc5)c5ccccc5)c4F)nn(C4CCCCO4)c3n1)CC2. The van der Waals surface area contributed by atoms with Crippen molar-refractivity contribution in [3.8, 4) is 11.3 Å². The lowest BCUT2D eigenvalue weighted by Crippen LogP contribution is -2.48. The van der Waals surface area contributed by atoms with Crippen molar-refractivity contribution in [2.75, 3.05) is 24.6 Å². The molecule has 2 atom stereocenters. The molecule has 2 aliphatic heterocycles. The summed E-state index contributed by atoms with van der Waals surface area (Å²) in [6.45, 7) is 7.67. The third kappa shape index (κ3) is 7.32. The first-order valence-electron chi connectivity index (χ1n) is 20.2. The van der Waals surface area contributed by atoms with E-state index in [0.29, 0.717) is 48.1 Å². The monoisotopic (exact) mass is 778 g/mol. The number of amides is 1. The summed E-state index contributed by atoms with van der Waals surface area (Å²) in [7, 11) is 0. The van der Waals surface area contributed by atoms with E-state index in [1.54, 1.807) is 23.1 Å². The zero-order chi connectivity index (χ0) is 39.9. The average Bonchev–Trinajstić information content (AvgIpc) is 3.76. The summed E-state index contributed by atoms with van der Waals surface area (Å²) in [5.74, 6) is 0.0772. The molecule has 0 radical (unpaired) electrons. The molecule has 1 N–H and O–H groups in total. The maximum Gasteiger partial charge on any atom is 0.408 e. The van der Waals surface area contributed by atoms with E-state index in [-0.39, 0.29) is 29.1 Å². The molecule has 0 bridgehead atoms. The van der Waals surface area contributed by atoms with Crippen LogP contribution in [0.3, 0.4) is 0 Å². The number of nitrogens with zero attached hydrogens (tertiary/aromatic N) is 7. The van der Waals surface area contributed by atoms with Gasteiger partial charge in [0.25, 0.3) is 0 Å². The van der Waals surface area contributed by atoms with Gasteiger partial charge in [-0.15, -0.1) is 0 Å². The Morgan fingerprint density at radius 3 is 2.33 bits per heavy atom. The van der Waals surface area contributed by atoms with Gasteiger partial charge >= 0.3 is 6.09 Å². The molecule has 3 aromatic carbocycles. The number of anilines is 1. The Balaban J connectivity index is 1.05. The van der Waals surface area contributed by atoms with Crippen molar-refractivity contribution in [2.45, 2.75) is 77.2 Å². The van der Waals surface area contributed by atoms with Crippen LogP contribution < -0.4 is 10.2 Å². The highest BCUT2D eigenvalue weighted by Crippen LogP contribution is 2.52. The van der Waals surface area contributed by atoms with Crippen LogP contribution >= 0.6 is 0 Å². The van der Waals surface area contributed by atoms with Gasteiger partial charge < -0.3 is 19.7 Å². The van der Waals surface area contributed by atoms with E-state index in [2.05, 4.69) is 33.4 Å². The predicted octanol–water partition coefficient (Wildman–Crippen LogP) is 9.30. The van der Waals surface area contributed by atoms with E-state index in [0.717, 1.165) is 55.2 Å². The molecule has 3 aromatic heterocycles. The van der Waals surface area contributed by atoms with Gasteiger partial charge in [-0.2, -0.15) is 5.10 Å². The predicted molar refractivity (Wildman–Crippen MR) is 222 cm³/mol. The van der Waals surface area contributed by atoms with Gasteiger partial charge in [-0.3, -0.25) is 0 Å². The van der Waals surface area contributed by atoms with Crippen LogP contribution in [-0.4, -0.2) is 61.8 Å². The molecule has 0 saturated carbocycles. The van der Waals surface area contributed by atoms with Gasteiger partial charge in [-0.25, -0.2) is 33.8 Å². The highest BCUT2D eigenvalue weighted by molar-refractivity contribution is 6.13. The number of nitrogens with one attached hydrogen (secondary N) is 1. The van der Waals surface area contributed by atoms with Crippen molar-refractivity contribution in [3.63, 3.8) is 0 Å². The van der Waals surface area contributed by atoms with E-state index in [1.807, 2.05) is 87.5 Å². The van der Waals surface area contributed by atoms with Gasteiger partial charge in [-0.1, -0.05) is 84.9 Å². The number of halogens is 1. The number of rotatable bonds is 7. The van der Waals surface area contributed by atoms with E-state index in [1.165, 1.54) is 5.56 Å². The fourth-order valence-corrected chi connectivity index (χ4v) is 8.73. The third-order valence-electron chi connectivity index (χ3n) is 11.5. The van der Waals surface area contributed by atoms with E-state index >= 15 is 4.39 Å². The lowest BCUT2D eigenvalue weighted by molar-refractivity contribution is -0.0368. The minimum absolute atomic E-state index is 0.0443. The Kier molecular flexibility index (Phi) is 9.97. The normalized spacial score (nSPS) is 18.9. The molecule has 296 valence electrons. The number of aromatic nitrogens is 5. The smallest absolute Gasteiger partial charge is 0.408 e. The summed E-state index contributed by atoms with van der Waals surface area (Å²) in [4.78, 5) is 34.7. The molecular weight excluding hydrogens is 732 g/mol. The first-order chi connectivity index (χ1) is 28.2. The standard InChI is InChI=1S/C46H47FN8O3/c1-45(2,3)58-44(56)52-41-33-19-11-10-18-32(33)28-46(41)22-25-54(26-23-46)35-29-49-40-39(53-55(43(40)50-35)36-20-12-13-27-57-36)34-21-24-48-42(37(34)47)51-38(30-14-6-4-7-15-30)31-16-8-5-9-17-31/h4-11,14-19,21,24,29,36,41H,12-13,20,22-23,25-28H2,1-3H3,(H,52,56). The molecule has 1 amide bonds. The van der Waals surface area contributed by atoms with Crippen LogP contribution in [0.2, 0.25) is 0 Å². The number of hydrogen-bond donors (Lipinski definition) is 1. The zero-order valence-electron chi connectivity index (χ0n) is 33.1. The number of alkyl carbamates (subject to hydrolysis) is 1. The van der Waals surface area contributed by atoms with E-state index < -0.39 is 17.5 Å². The highest BCUT2D eigenvalue weighted by atomic mass is 19.1. The summed E-state index contributed by atoms with van der Waals surface area (Å²) in [6, 6.07) is 29.3. The van der Waals surface area contributed by atoms with Crippen LogP contribution in [0, 0.1) is 11.2 Å². The lowest BCUT2D eigenvalue weighted by Gasteiger charge is -2.43. The summed E-state index contributed by atoms with van der Waals surface area (Å²) in [6.07, 6.45) is 7.80. The van der Waals surface area contributed by atoms with Crippen molar-refractivity contribution in [2.24, 2.45) is 10.4 Å². The largest absolute Gasteiger partial charge is 0.444 e. The Morgan fingerprint density at radius 1 is 0.931 bits per heavy atom. The Bertz CT molecular complexity index is 2430. The molecule has 11 nitrogen and oxygen atoms in total. The second-order valence-corrected chi connectivity index (χ2v) is 16.5. The number of aliphatic imine (C=N–C) groups is 1. The summed E-state index contributed by atoms with van der Waals surface area (Å²) in [5, 5.41) is 8.24. The van der Waals surface area contributed by atoms with Crippen molar-refractivity contribution >= 4 is 34.6 Å². The molecule has 58 heavy (non-hydrogen) atoms. The third-order valence-corrected chi connectivity index (χ3v) is 11.5. The molecule has 3 aliphatic rings. The number of carbonyl (C=O) groups is 1. The maximum absolute atomic E-state index is 16.8. The number of ether oxygens (including phenoxy) is 2. The Morgan fingerprint density at radius 2 is 1.64 bits per heavy atom. The fraction of sp³-hybridized carbons (Fsp3) is 0.348. The minimum atomic E-state index is -0.598. The molecule has 2 fully saturated rings. The van der Waals surface area contributed by atoms with Gasteiger partial charge in [0.05, 0.1) is 18.0 Å². The number of hydrogen-bond acceptors (Lipinski definition) is 9.